The highest BCUT2D eigenvalue weighted by Crippen LogP contribution is 2.18. The van der Waals surface area contributed by atoms with Gasteiger partial charge < -0.3 is 15.5 Å². The fourth-order valence-electron chi connectivity index (χ4n) is 2.66. The first-order valence-corrected chi connectivity index (χ1v) is 10.5. The average molecular weight is 402 g/mol. The van der Waals surface area contributed by atoms with Gasteiger partial charge in [0.05, 0.1) is 11.3 Å². The van der Waals surface area contributed by atoms with Crippen molar-refractivity contribution in [2.24, 2.45) is 10.3 Å². The number of rotatable bonds is 5. The standard InChI is InChI=1S/C19H22N4O4S/c1-13(2)18(24)21-15-7-5-14(6-8-15)12-20-19(25)16-4-3-9-23-10-11-28(26,27)22-17(16)23/h3-9,13H,10-12H2,1-2H3,(H,20,25)(H,21,24). The van der Waals surface area contributed by atoms with Crippen LogP contribution >= 0.6 is 0 Å². The molecule has 0 aromatic heterocycles. The van der Waals surface area contributed by atoms with Crippen molar-refractivity contribution in [3.63, 3.8) is 0 Å². The predicted octanol–water partition coefficient (Wildman–Crippen LogP) is 1.39. The first-order valence-electron chi connectivity index (χ1n) is 8.91. The molecule has 0 atom stereocenters. The van der Waals surface area contributed by atoms with Gasteiger partial charge in [0.15, 0.2) is 5.84 Å². The highest BCUT2D eigenvalue weighted by Gasteiger charge is 2.29. The number of sulfonamides is 1. The number of anilines is 1. The lowest BCUT2D eigenvalue weighted by atomic mass is 10.1. The highest BCUT2D eigenvalue weighted by molar-refractivity contribution is 7.90. The zero-order chi connectivity index (χ0) is 20.3. The lowest BCUT2D eigenvalue weighted by Crippen LogP contribution is -2.42. The van der Waals surface area contributed by atoms with E-state index in [-0.39, 0.29) is 42.1 Å². The predicted molar refractivity (Wildman–Crippen MR) is 107 cm³/mol. The number of amides is 2. The third-order valence-corrected chi connectivity index (χ3v) is 5.45. The van der Waals surface area contributed by atoms with Gasteiger partial charge in [0, 0.05) is 30.9 Å². The second-order valence-corrected chi connectivity index (χ2v) is 8.59. The number of hydrogen-bond donors (Lipinski definition) is 2. The maximum absolute atomic E-state index is 12.6. The molecule has 0 unspecified atom stereocenters. The second-order valence-electron chi connectivity index (χ2n) is 6.84. The topological polar surface area (TPSA) is 108 Å². The Labute approximate surface area is 164 Å². The van der Waals surface area contributed by atoms with Gasteiger partial charge in [0.2, 0.25) is 5.91 Å². The fraction of sp³-hybridized carbons (Fsp3) is 0.316. The van der Waals surface area contributed by atoms with Gasteiger partial charge in [-0.25, -0.2) is 8.42 Å². The van der Waals surface area contributed by atoms with E-state index in [2.05, 4.69) is 15.0 Å². The van der Waals surface area contributed by atoms with Crippen molar-refractivity contribution in [2.75, 3.05) is 17.6 Å². The monoisotopic (exact) mass is 402 g/mol. The van der Waals surface area contributed by atoms with Crippen molar-refractivity contribution in [1.82, 2.24) is 10.2 Å². The van der Waals surface area contributed by atoms with E-state index in [1.54, 1.807) is 47.5 Å². The van der Waals surface area contributed by atoms with E-state index in [0.29, 0.717) is 5.69 Å². The molecule has 0 saturated heterocycles. The van der Waals surface area contributed by atoms with E-state index in [1.807, 2.05) is 13.8 Å². The molecule has 1 aromatic rings. The second kappa shape index (κ2) is 7.97. The van der Waals surface area contributed by atoms with Crippen molar-refractivity contribution in [1.29, 1.82) is 0 Å². The van der Waals surface area contributed by atoms with Gasteiger partial charge in [0.1, 0.15) is 0 Å². The molecule has 8 nitrogen and oxygen atoms in total. The first-order chi connectivity index (χ1) is 13.2. The van der Waals surface area contributed by atoms with Crippen LogP contribution in [0.4, 0.5) is 5.69 Å². The summed E-state index contributed by atoms with van der Waals surface area (Å²) in [7, 11) is -3.55. The van der Waals surface area contributed by atoms with E-state index in [0.717, 1.165) is 5.56 Å². The fourth-order valence-corrected chi connectivity index (χ4v) is 3.65. The smallest absolute Gasteiger partial charge is 0.256 e. The van der Waals surface area contributed by atoms with E-state index in [9.17, 15) is 18.0 Å². The van der Waals surface area contributed by atoms with Crippen molar-refractivity contribution in [3.05, 3.63) is 53.8 Å². The molecule has 0 fully saturated rings. The molecule has 0 bridgehead atoms. The molecule has 1 aromatic carbocycles. The third-order valence-electron chi connectivity index (χ3n) is 4.30. The summed E-state index contributed by atoms with van der Waals surface area (Å²) in [5.41, 5.74) is 1.75. The molecule has 0 spiro atoms. The Morgan fingerprint density at radius 1 is 1.21 bits per heavy atom. The van der Waals surface area contributed by atoms with Gasteiger partial charge >= 0.3 is 0 Å². The van der Waals surface area contributed by atoms with Gasteiger partial charge in [-0.1, -0.05) is 26.0 Å². The van der Waals surface area contributed by atoms with Gasteiger partial charge in [-0.05, 0) is 29.8 Å². The minimum Gasteiger partial charge on any atom is -0.348 e. The summed E-state index contributed by atoms with van der Waals surface area (Å²) in [4.78, 5) is 25.9. The summed E-state index contributed by atoms with van der Waals surface area (Å²) in [6.45, 7) is 4.17. The summed E-state index contributed by atoms with van der Waals surface area (Å²) in [5, 5.41) is 5.58. The zero-order valence-electron chi connectivity index (χ0n) is 15.7. The SMILES string of the molecule is CC(C)C(=O)Nc1ccc(CNC(=O)C2=CC=CN3CCS(=O)(=O)N=C23)cc1. The molecule has 28 heavy (non-hydrogen) atoms. The largest absolute Gasteiger partial charge is 0.348 e. The molecule has 2 N–H and O–H groups in total. The van der Waals surface area contributed by atoms with Gasteiger partial charge in [-0.15, -0.1) is 4.40 Å². The molecule has 2 aliphatic rings. The maximum atomic E-state index is 12.6. The Kier molecular flexibility index (Phi) is 5.64. The molecule has 0 saturated carbocycles. The van der Waals surface area contributed by atoms with Crippen molar-refractivity contribution < 1.29 is 18.0 Å². The number of carbonyl (C=O) groups excluding carboxylic acids is 2. The number of amidine groups is 1. The van der Waals surface area contributed by atoms with Crippen molar-refractivity contribution in [3.8, 4) is 0 Å². The Morgan fingerprint density at radius 2 is 1.93 bits per heavy atom. The van der Waals surface area contributed by atoms with Crippen LogP contribution in [-0.2, 0) is 26.2 Å². The minimum atomic E-state index is -3.55. The minimum absolute atomic E-state index is 0.0638. The Hall–Kier alpha value is -2.94. The number of benzene rings is 1. The van der Waals surface area contributed by atoms with Crippen molar-refractivity contribution in [2.45, 2.75) is 20.4 Å². The molecule has 2 heterocycles. The van der Waals surface area contributed by atoms with E-state index >= 15 is 0 Å². The maximum Gasteiger partial charge on any atom is 0.256 e. The van der Waals surface area contributed by atoms with E-state index < -0.39 is 15.9 Å². The normalized spacial score (nSPS) is 17.5. The van der Waals surface area contributed by atoms with Crippen LogP contribution in [-0.4, -0.2) is 43.3 Å². The number of fused-ring (bicyclic) bond motifs is 1. The summed E-state index contributed by atoms with van der Waals surface area (Å²) in [6, 6.07) is 7.15. The average Bonchev–Trinajstić information content (AvgIpc) is 2.66. The Morgan fingerprint density at radius 3 is 2.61 bits per heavy atom. The molecule has 2 amide bonds. The molecule has 3 rings (SSSR count). The third kappa shape index (κ3) is 4.66. The number of nitrogens with zero attached hydrogens (tertiary/aromatic N) is 2. The number of nitrogens with one attached hydrogen (secondary N) is 2. The summed E-state index contributed by atoms with van der Waals surface area (Å²) >= 11 is 0. The molecule has 148 valence electrons. The van der Waals surface area contributed by atoms with Gasteiger partial charge in [-0.2, -0.15) is 0 Å². The summed E-state index contributed by atoms with van der Waals surface area (Å²) in [5.74, 6) is -0.496. The lowest BCUT2D eigenvalue weighted by Gasteiger charge is -2.28. The molecule has 0 radical (unpaired) electrons. The van der Waals surface area contributed by atoms with Crippen LogP contribution in [0.2, 0.25) is 0 Å². The van der Waals surface area contributed by atoms with Crippen LogP contribution < -0.4 is 10.6 Å². The Balaban J connectivity index is 1.64. The van der Waals surface area contributed by atoms with Crippen LogP contribution in [0.15, 0.2) is 52.6 Å². The number of carbonyl (C=O) groups is 2. The highest BCUT2D eigenvalue weighted by atomic mass is 32.2. The van der Waals surface area contributed by atoms with E-state index in [1.165, 1.54) is 0 Å². The summed E-state index contributed by atoms with van der Waals surface area (Å²) in [6.07, 6.45) is 4.95. The van der Waals surface area contributed by atoms with Crippen LogP contribution in [0, 0.1) is 5.92 Å². The van der Waals surface area contributed by atoms with Crippen LogP contribution in [0.3, 0.4) is 0 Å². The molecular formula is C19H22N4O4S. The van der Waals surface area contributed by atoms with Crippen LogP contribution in [0.1, 0.15) is 19.4 Å². The zero-order valence-corrected chi connectivity index (χ0v) is 16.5. The molecule has 2 aliphatic heterocycles. The lowest BCUT2D eigenvalue weighted by molar-refractivity contribution is -0.119. The molecule has 9 heteroatoms. The summed E-state index contributed by atoms with van der Waals surface area (Å²) < 4.78 is 27.3. The number of hydrogen-bond acceptors (Lipinski definition) is 5. The van der Waals surface area contributed by atoms with Crippen LogP contribution in [0.25, 0.3) is 0 Å². The Bertz CT molecular complexity index is 976. The molecule has 0 aliphatic carbocycles. The van der Waals surface area contributed by atoms with Crippen molar-refractivity contribution >= 4 is 33.4 Å². The van der Waals surface area contributed by atoms with Crippen LogP contribution in [0.5, 0.6) is 0 Å². The van der Waals surface area contributed by atoms with Gasteiger partial charge in [-0.3, -0.25) is 9.59 Å². The quantitative estimate of drug-likeness (QED) is 0.774. The number of allylic oxidation sites excluding steroid dienone is 2. The van der Waals surface area contributed by atoms with E-state index in [4.69, 9.17) is 0 Å². The first kappa shape index (κ1) is 19.8. The molecular weight excluding hydrogens is 380 g/mol. The van der Waals surface area contributed by atoms with Gasteiger partial charge in [0.25, 0.3) is 15.9 Å².